The van der Waals surface area contributed by atoms with Gasteiger partial charge in [0.05, 0.1) is 22.3 Å². The predicted molar refractivity (Wildman–Crippen MR) is 63.0 cm³/mol. The predicted octanol–water partition coefficient (Wildman–Crippen LogP) is 0.890. The highest BCUT2D eigenvalue weighted by Crippen LogP contribution is 2.27. The van der Waals surface area contributed by atoms with Crippen LogP contribution in [0.5, 0.6) is 5.75 Å². The number of benzene rings is 1. The first-order valence-corrected chi connectivity index (χ1v) is 6.88. The Hall–Kier alpha value is -2.14. The molecule has 8 heteroatoms. The summed E-state index contributed by atoms with van der Waals surface area (Å²) in [5.74, 6) is -0.285. The molecule has 0 heterocycles. The number of hydrogen-bond donors (Lipinski definition) is 0. The van der Waals surface area contributed by atoms with Crippen LogP contribution >= 0.6 is 0 Å². The van der Waals surface area contributed by atoms with Gasteiger partial charge in [-0.2, -0.15) is 5.26 Å². The van der Waals surface area contributed by atoms with Gasteiger partial charge in [0.1, 0.15) is 6.61 Å². The van der Waals surface area contributed by atoms with Crippen molar-refractivity contribution in [3.8, 4) is 11.8 Å². The molecule has 0 aliphatic heterocycles. The van der Waals surface area contributed by atoms with Crippen molar-refractivity contribution in [2.24, 2.45) is 0 Å². The Balaban J connectivity index is 2.89. The van der Waals surface area contributed by atoms with Gasteiger partial charge in [-0.25, -0.2) is 8.42 Å². The van der Waals surface area contributed by atoms with Crippen molar-refractivity contribution >= 4 is 15.5 Å². The lowest BCUT2D eigenvalue weighted by Crippen LogP contribution is -2.12. The van der Waals surface area contributed by atoms with Crippen LogP contribution in [0.3, 0.4) is 0 Å². The second kappa shape index (κ2) is 5.46. The quantitative estimate of drug-likeness (QED) is 0.580. The smallest absolute Gasteiger partial charge is 0.312 e. The van der Waals surface area contributed by atoms with Gasteiger partial charge >= 0.3 is 5.69 Å². The zero-order valence-electron chi connectivity index (χ0n) is 9.49. The number of hydrogen-bond acceptors (Lipinski definition) is 6. The molecule has 0 unspecified atom stereocenters. The average molecular weight is 270 g/mol. The van der Waals surface area contributed by atoms with Crippen LogP contribution in [0.15, 0.2) is 18.2 Å². The Kier molecular flexibility index (Phi) is 4.23. The van der Waals surface area contributed by atoms with Crippen molar-refractivity contribution in [2.45, 2.75) is 0 Å². The molecule has 0 saturated carbocycles. The molecule has 0 aliphatic carbocycles. The van der Waals surface area contributed by atoms with E-state index >= 15 is 0 Å². The molecule has 0 atom stereocenters. The lowest BCUT2D eigenvalue weighted by Gasteiger charge is -2.05. The fraction of sp³-hybridized carbons (Fsp3) is 0.300. The van der Waals surface area contributed by atoms with E-state index in [1.54, 1.807) is 6.07 Å². The fourth-order valence-corrected chi connectivity index (χ4v) is 1.54. The molecule has 1 aromatic carbocycles. The van der Waals surface area contributed by atoms with Gasteiger partial charge in [0.15, 0.2) is 15.6 Å². The molecule has 0 spiro atoms. The van der Waals surface area contributed by atoms with Gasteiger partial charge in [0.25, 0.3) is 0 Å². The van der Waals surface area contributed by atoms with Crippen molar-refractivity contribution in [1.29, 1.82) is 5.26 Å². The van der Waals surface area contributed by atoms with Crippen LogP contribution in [0.1, 0.15) is 5.56 Å². The zero-order valence-corrected chi connectivity index (χ0v) is 10.3. The molecule has 0 aliphatic rings. The summed E-state index contributed by atoms with van der Waals surface area (Å²) in [6.45, 7) is -0.175. The Bertz CT molecular complexity index is 603. The summed E-state index contributed by atoms with van der Waals surface area (Å²) in [6, 6.07) is 5.49. The van der Waals surface area contributed by atoms with Gasteiger partial charge in [-0.3, -0.25) is 10.1 Å². The first kappa shape index (κ1) is 13.9. The number of nitrogens with zero attached hydrogens (tertiary/aromatic N) is 2. The number of sulfone groups is 1. The maximum Gasteiger partial charge on any atom is 0.312 e. The number of rotatable bonds is 5. The van der Waals surface area contributed by atoms with Gasteiger partial charge in [-0.05, 0) is 12.1 Å². The molecule has 1 rings (SSSR count). The number of nitro benzene ring substituents is 1. The van der Waals surface area contributed by atoms with E-state index < -0.39 is 14.8 Å². The van der Waals surface area contributed by atoms with Crippen LogP contribution in [-0.2, 0) is 9.84 Å². The normalized spacial score (nSPS) is 10.7. The van der Waals surface area contributed by atoms with E-state index in [-0.39, 0.29) is 29.4 Å². The summed E-state index contributed by atoms with van der Waals surface area (Å²) < 4.78 is 26.8. The molecule has 0 N–H and O–H groups in total. The lowest BCUT2D eigenvalue weighted by atomic mass is 10.2. The average Bonchev–Trinajstić information content (AvgIpc) is 2.27. The Morgan fingerprint density at radius 3 is 2.67 bits per heavy atom. The molecule has 0 aromatic heterocycles. The highest BCUT2D eigenvalue weighted by Gasteiger charge is 2.16. The number of ether oxygens (including phenoxy) is 1. The first-order chi connectivity index (χ1) is 8.33. The second-order valence-electron chi connectivity index (χ2n) is 3.53. The van der Waals surface area contributed by atoms with Crippen molar-refractivity contribution in [3.63, 3.8) is 0 Å². The Labute approximate surface area is 104 Å². The van der Waals surface area contributed by atoms with E-state index in [0.717, 1.165) is 12.3 Å². The van der Waals surface area contributed by atoms with Crippen LogP contribution in [0.25, 0.3) is 0 Å². The molecule has 0 amide bonds. The molecule has 7 nitrogen and oxygen atoms in total. The van der Waals surface area contributed by atoms with E-state index in [1.165, 1.54) is 12.1 Å². The third kappa shape index (κ3) is 4.03. The van der Waals surface area contributed by atoms with E-state index in [2.05, 4.69) is 0 Å². The highest BCUT2D eigenvalue weighted by molar-refractivity contribution is 7.90. The van der Waals surface area contributed by atoms with E-state index in [0.29, 0.717) is 0 Å². The van der Waals surface area contributed by atoms with E-state index in [4.69, 9.17) is 10.00 Å². The molecular formula is C10H10N2O5S. The van der Waals surface area contributed by atoms with Crippen LogP contribution in [-0.4, -0.2) is 32.0 Å². The zero-order chi connectivity index (χ0) is 13.8. The fourth-order valence-electron chi connectivity index (χ4n) is 1.15. The van der Waals surface area contributed by atoms with Crippen molar-refractivity contribution < 1.29 is 18.1 Å². The number of nitro groups is 1. The van der Waals surface area contributed by atoms with Crippen molar-refractivity contribution in [1.82, 2.24) is 0 Å². The van der Waals surface area contributed by atoms with Gasteiger partial charge in [-0.15, -0.1) is 0 Å². The van der Waals surface area contributed by atoms with Crippen LogP contribution in [0, 0.1) is 21.4 Å². The minimum Gasteiger partial charge on any atom is -0.486 e. The van der Waals surface area contributed by atoms with Gasteiger partial charge in [-0.1, -0.05) is 0 Å². The summed E-state index contributed by atoms with van der Waals surface area (Å²) in [5, 5.41) is 19.4. The summed E-state index contributed by atoms with van der Waals surface area (Å²) in [4.78, 5) is 10.1. The monoisotopic (exact) mass is 270 g/mol. The lowest BCUT2D eigenvalue weighted by molar-refractivity contribution is -0.385. The maximum absolute atomic E-state index is 10.9. The van der Waals surface area contributed by atoms with Crippen molar-refractivity contribution in [3.05, 3.63) is 33.9 Å². The summed E-state index contributed by atoms with van der Waals surface area (Å²) >= 11 is 0. The Morgan fingerprint density at radius 1 is 1.50 bits per heavy atom. The van der Waals surface area contributed by atoms with Gasteiger partial charge < -0.3 is 4.74 Å². The van der Waals surface area contributed by atoms with Crippen LogP contribution in [0.2, 0.25) is 0 Å². The topological polar surface area (TPSA) is 110 Å². The molecule has 0 bridgehead atoms. The largest absolute Gasteiger partial charge is 0.486 e. The number of nitriles is 1. The summed E-state index contributed by atoms with van der Waals surface area (Å²) in [5.41, 5.74) is -0.222. The van der Waals surface area contributed by atoms with Crippen molar-refractivity contribution in [2.75, 3.05) is 18.6 Å². The standard InChI is InChI=1S/C10H10N2O5S/c1-18(15,16)5-4-17-10-3-2-8(7-11)6-9(10)12(13)14/h2-3,6H,4-5H2,1H3. The summed E-state index contributed by atoms with van der Waals surface area (Å²) in [6.07, 6.45) is 1.05. The molecule has 96 valence electrons. The molecule has 0 saturated heterocycles. The van der Waals surface area contributed by atoms with E-state index in [1.807, 2.05) is 0 Å². The molecule has 18 heavy (non-hydrogen) atoms. The van der Waals surface area contributed by atoms with E-state index in [9.17, 15) is 18.5 Å². The van der Waals surface area contributed by atoms with Crippen LogP contribution < -0.4 is 4.74 Å². The molecule has 0 radical (unpaired) electrons. The third-order valence-electron chi connectivity index (χ3n) is 2.00. The maximum atomic E-state index is 10.9. The highest BCUT2D eigenvalue weighted by atomic mass is 32.2. The molecule has 0 fully saturated rings. The minimum atomic E-state index is -3.19. The Morgan fingerprint density at radius 2 is 2.17 bits per heavy atom. The minimum absolute atomic E-state index is 0.0531. The third-order valence-corrected chi connectivity index (χ3v) is 2.90. The SMILES string of the molecule is CS(=O)(=O)CCOc1ccc(C#N)cc1[N+](=O)[O-]. The second-order valence-corrected chi connectivity index (χ2v) is 5.79. The van der Waals surface area contributed by atoms with Gasteiger partial charge in [0, 0.05) is 12.3 Å². The van der Waals surface area contributed by atoms with Gasteiger partial charge in [0.2, 0.25) is 0 Å². The van der Waals surface area contributed by atoms with Crippen LogP contribution in [0.4, 0.5) is 5.69 Å². The first-order valence-electron chi connectivity index (χ1n) is 4.82. The molecular weight excluding hydrogens is 260 g/mol. The molecule has 1 aromatic rings. The summed E-state index contributed by atoms with van der Waals surface area (Å²) in [7, 11) is -3.19.